The molecule has 0 amide bonds. The first-order valence-electron chi connectivity index (χ1n) is 5.20. The summed E-state index contributed by atoms with van der Waals surface area (Å²) in [5.74, 6) is 0.606. The number of aromatic hydroxyl groups is 1. The molecule has 4 N–H and O–H groups in total. The maximum absolute atomic E-state index is 9.39. The molecule has 1 aromatic carbocycles. The van der Waals surface area contributed by atoms with Crippen LogP contribution >= 0.6 is 0 Å². The number of hydrogen-bond acceptors (Lipinski definition) is 5. The van der Waals surface area contributed by atoms with E-state index in [1.807, 2.05) is 6.07 Å². The SMILES string of the molecule is COc1cc(CNNCCCO)ccc1O. The highest BCUT2D eigenvalue weighted by atomic mass is 16.5. The fraction of sp³-hybridized carbons (Fsp3) is 0.455. The van der Waals surface area contributed by atoms with Crippen LogP contribution in [0.25, 0.3) is 0 Å². The largest absolute Gasteiger partial charge is 0.504 e. The van der Waals surface area contributed by atoms with Crippen LogP contribution in [0.15, 0.2) is 18.2 Å². The third-order valence-corrected chi connectivity index (χ3v) is 2.12. The number of methoxy groups -OCH3 is 1. The molecular formula is C11H18N2O3. The third-order valence-electron chi connectivity index (χ3n) is 2.12. The zero-order chi connectivity index (χ0) is 11.8. The van der Waals surface area contributed by atoms with Crippen molar-refractivity contribution in [2.24, 2.45) is 0 Å². The molecule has 0 atom stereocenters. The van der Waals surface area contributed by atoms with Crippen molar-refractivity contribution in [2.75, 3.05) is 20.3 Å². The van der Waals surface area contributed by atoms with E-state index in [0.29, 0.717) is 25.3 Å². The van der Waals surface area contributed by atoms with Crippen molar-refractivity contribution in [1.82, 2.24) is 10.9 Å². The van der Waals surface area contributed by atoms with Gasteiger partial charge in [-0.15, -0.1) is 0 Å². The maximum atomic E-state index is 9.39. The molecule has 0 heterocycles. The van der Waals surface area contributed by atoms with Crippen LogP contribution in [0.5, 0.6) is 11.5 Å². The number of phenols is 1. The molecule has 0 unspecified atom stereocenters. The van der Waals surface area contributed by atoms with E-state index in [1.54, 1.807) is 12.1 Å². The molecule has 0 spiro atoms. The Hall–Kier alpha value is -1.30. The zero-order valence-electron chi connectivity index (χ0n) is 9.36. The summed E-state index contributed by atoms with van der Waals surface area (Å²) in [4.78, 5) is 0. The van der Waals surface area contributed by atoms with E-state index < -0.39 is 0 Å². The predicted molar refractivity (Wildman–Crippen MR) is 61.2 cm³/mol. The highest BCUT2D eigenvalue weighted by Gasteiger charge is 2.01. The molecule has 90 valence electrons. The average molecular weight is 226 g/mol. The first-order chi connectivity index (χ1) is 7.77. The normalized spacial score (nSPS) is 10.4. The van der Waals surface area contributed by atoms with Crippen molar-refractivity contribution in [3.05, 3.63) is 23.8 Å². The minimum absolute atomic E-state index is 0.138. The van der Waals surface area contributed by atoms with Crippen LogP contribution in [0, 0.1) is 0 Å². The van der Waals surface area contributed by atoms with Gasteiger partial charge in [0.2, 0.25) is 0 Å². The van der Waals surface area contributed by atoms with Crippen molar-refractivity contribution < 1.29 is 14.9 Å². The first kappa shape index (κ1) is 12.8. The molecule has 16 heavy (non-hydrogen) atoms. The van der Waals surface area contributed by atoms with Gasteiger partial charge < -0.3 is 14.9 Å². The number of aliphatic hydroxyl groups is 1. The van der Waals surface area contributed by atoms with Gasteiger partial charge in [0, 0.05) is 19.7 Å². The van der Waals surface area contributed by atoms with Gasteiger partial charge >= 0.3 is 0 Å². The molecule has 0 aromatic heterocycles. The van der Waals surface area contributed by atoms with Crippen molar-refractivity contribution in [1.29, 1.82) is 0 Å². The summed E-state index contributed by atoms with van der Waals surface area (Å²) in [7, 11) is 1.52. The smallest absolute Gasteiger partial charge is 0.160 e. The standard InChI is InChI=1S/C11H18N2O3/c1-16-11-7-9(3-4-10(11)15)8-13-12-5-2-6-14/h3-4,7,12-15H,2,5-6,8H2,1H3. The van der Waals surface area contributed by atoms with Crippen LogP contribution in [0.2, 0.25) is 0 Å². The van der Waals surface area contributed by atoms with E-state index in [2.05, 4.69) is 10.9 Å². The number of ether oxygens (including phenoxy) is 1. The summed E-state index contributed by atoms with van der Waals surface area (Å²) in [5.41, 5.74) is 6.99. The molecule has 0 aliphatic heterocycles. The number of nitrogens with one attached hydrogen (secondary N) is 2. The number of phenolic OH excluding ortho intramolecular Hbond substituents is 1. The fourth-order valence-electron chi connectivity index (χ4n) is 1.25. The number of hydrogen-bond donors (Lipinski definition) is 4. The minimum atomic E-state index is 0.138. The van der Waals surface area contributed by atoms with Crippen molar-refractivity contribution in [3.8, 4) is 11.5 Å². The topological polar surface area (TPSA) is 73.8 Å². The van der Waals surface area contributed by atoms with Crippen LogP contribution < -0.4 is 15.6 Å². The Morgan fingerprint density at radius 1 is 1.31 bits per heavy atom. The van der Waals surface area contributed by atoms with Crippen LogP contribution in [0.4, 0.5) is 0 Å². The molecule has 0 aliphatic rings. The van der Waals surface area contributed by atoms with Gasteiger partial charge in [0.15, 0.2) is 11.5 Å². The van der Waals surface area contributed by atoms with Gasteiger partial charge in [0.1, 0.15) is 0 Å². The molecule has 0 bridgehead atoms. The van der Waals surface area contributed by atoms with Crippen LogP contribution in [-0.4, -0.2) is 30.5 Å². The molecule has 0 fully saturated rings. The van der Waals surface area contributed by atoms with Gasteiger partial charge in [-0.1, -0.05) is 6.07 Å². The number of benzene rings is 1. The quantitative estimate of drug-likeness (QED) is 0.399. The van der Waals surface area contributed by atoms with Gasteiger partial charge in [-0.3, -0.25) is 10.9 Å². The lowest BCUT2D eigenvalue weighted by Crippen LogP contribution is -2.32. The van der Waals surface area contributed by atoms with E-state index in [1.165, 1.54) is 7.11 Å². The maximum Gasteiger partial charge on any atom is 0.160 e. The van der Waals surface area contributed by atoms with Crippen molar-refractivity contribution >= 4 is 0 Å². The van der Waals surface area contributed by atoms with Crippen LogP contribution in [0.3, 0.4) is 0 Å². The molecule has 5 heteroatoms. The molecular weight excluding hydrogens is 208 g/mol. The predicted octanol–water partition coefficient (Wildman–Crippen LogP) is 0.377. The van der Waals surface area contributed by atoms with Gasteiger partial charge in [-0.25, -0.2) is 0 Å². The van der Waals surface area contributed by atoms with E-state index in [0.717, 1.165) is 5.56 Å². The molecule has 0 radical (unpaired) electrons. The highest BCUT2D eigenvalue weighted by molar-refractivity contribution is 5.41. The van der Waals surface area contributed by atoms with Gasteiger partial charge in [-0.05, 0) is 24.1 Å². The fourth-order valence-corrected chi connectivity index (χ4v) is 1.25. The summed E-state index contributed by atoms with van der Waals surface area (Å²) < 4.78 is 5.00. The van der Waals surface area contributed by atoms with Crippen LogP contribution in [-0.2, 0) is 6.54 Å². The average Bonchev–Trinajstić information content (AvgIpc) is 2.31. The number of hydrazine groups is 1. The Bertz CT molecular complexity index is 318. The summed E-state index contributed by atoms with van der Waals surface area (Å²) in [6.07, 6.45) is 0.714. The third kappa shape index (κ3) is 4.06. The molecule has 0 saturated heterocycles. The summed E-state index contributed by atoms with van der Waals surface area (Å²) >= 11 is 0. The molecule has 0 aliphatic carbocycles. The van der Waals surface area contributed by atoms with E-state index in [9.17, 15) is 5.11 Å². The number of rotatable bonds is 7. The summed E-state index contributed by atoms with van der Waals surface area (Å²) in [6, 6.07) is 5.19. The van der Waals surface area contributed by atoms with E-state index in [4.69, 9.17) is 9.84 Å². The Morgan fingerprint density at radius 2 is 2.12 bits per heavy atom. The van der Waals surface area contributed by atoms with Crippen molar-refractivity contribution in [3.63, 3.8) is 0 Å². The minimum Gasteiger partial charge on any atom is -0.504 e. The van der Waals surface area contributed by atoms with E-state index in [-0.39, 0.29) is 12.4 Å². The molecule has 1 rings (SSSR count). The summed E-state index contributed by atoms with van der Waals surface area (Å²) in [5, 5.41) is 18.0. The van der Waals surface area contributed by atoms with Gasteiger partial charge in [0.05, 0.1) is 7.11 Å². The Labute approximate surface area is 95.0 Å². The lowest BCUT2D eigenvalue weighted by molar-refractivity contribution is 0.282. The highest BCUT2D eigenvalue weighted by Crippen LogP contribution is 2.25. The van der Waals surface area contributed by atoms with Crippen LogP contribution in [0.1, 0.15) is 12.0 Å². The lowest BCUT2D eigenvalue weighted by Gasteiger charge is -2.08. The molecule has 0 saturated carbocycles. The Morgan fingerprint density at radius 3 is 2.81 bits per heavy atom. The lowest BCUT2D eigenvalue weighted by atomic mass is 10.2. The van der Waals surface area contributed by atoms with Gasteiger partial charge in [0.25, 0.3) is 0 Å². The second-order valence-electron chi connectivity index (χ2n) is 3.36. The zero-order valence-corrected chi connectivity index (χ0v) is 9.36. The van der Waals surface area contributed by atoms with Crippen molar-refractivity contribution in [2.45, 2.75) is 13.0 Å². The number of aliphatic hydroxyl groups excluding tert-OH is 1. The second kappa shape index (κ2) is 7.05. The Balaban J connectivity index is 2.36. The molecule has 5 nitrogen and oxygen atoms in total. The first-order valence-corrected chi connectivity index (χ1v) is 5.20. The molecule has 1 aromatic rings. The monoisotopic (exact) mass is 226 g/mol. The van der Waals surface area contributed by atoms with E-state index >= 15 is 0 Å². The van der Waals surface area contributed by atoms with Gasteiger partial charge in [-0.2, -0.15) is 0 Å². The Kier molecular flexibility index (Phi) is 5.63. The second-order valence-corrected chi connectivity index (χ2v) is 3.36. The summed E-state index contributed by atoms with van der Waals surface area (Å²) in [6.45, 7) is 1.52.